The smallest absolute Gasteiger partial charge is 0.123 e. The molecule has 0 saturated heterocycles. The standard InChI is InChI=1S/C26H22FN/c1-26(2,22-9-4-3-5-10-22)23-15-16-28-25(18-23)21-8-6-7-20(17-21)19-11-13-24(27)14-12-19/h3-18H,1-2H3. The summed E-state index contributed by atoms with van der Waals surface area (Å²) >= 11 is 0. The molecular weight excluding hydrogens is 345 g/mol. The number of rotatable bonds is 4. The van der Waals surface area contributed by atoms with Crippen LogP contribution in [0.5, 0.6) is 0 Å². The number of halogens is 1. The predicted octanol–water partition coefficient (Wildman–Crippen LogP) is 6.88. The lowest BCUT2D eigenvalue weighted by Gasteiger charge is -2.26. The largest absolute Gasteiger partial charge is 0.256 e. The fourth-order valence-electron chi connectivity index (χ4n) is 3.50. The number of nitrogens with zero attached hydrogens (tertiary/aromatic N) is 1. The molecule has 0 bridgehead atoms. The van der Waals surface area contributed by atoms with Gasteiger partial charge in [-0.05, 0) is 52.6 Å². The molecule has 0 fully saturated rings. The average Bonchev–Trinajstić information content (AvgIpc) is 2.75. The number of benzene rings is 3. The molecule has 0 radical (unpaired) electrons. The summed E-state index contributed by atoms with van der Waals surface area (Å²) in [5.41, 5.74) is 6.39. The van der Waals surface area contributed by atoms with Gasteiger partial charge in [-0.2, -0.15) is 0 Å². The summed E-state index contributed by atoms with van der Waals surface area (Å²) in [7, 11) is 0. The quantitative estimate of drug-likeness (QED) is 0.383. The first-order valence-corrected chi connectivity index (χ1v) is 9.42. The molecule has 2 heteroatoms. The third-order valence-electron chi connectivity index (χ3n) is 5.31. The molecule has 1 heterocycles. The van der Waals surface area contributed by atoms with E-state index >= 15 is 0 Å². The fourth-order valence-corrected chi connectivity index (χ4v) is 3.50. The number of aromatic nitrogens is 1. The summed E-state index contributed by atoms with van der Waals surface area (Å²) in [6, 6.07) is 29.6. The van der Waals surface area contributed by atoms with Gasteiger partial charge in [-0.3, -0.25) is 4.98 Å². The van der Waals surface area contributed by atoms with Crippen molar-refractivity contribution >= 4 is 0 Å². The Kier molecular flexibility index (Phi) is 4.79. The third kappa shape index (κ3) is 3.59. The Labute approximate surface area is 165 Å². The highest BCUT2D eigenvalue weighted by Gasteiger charge is 2.23. The van der Waals surface area contributed by atoms with Crippen LogP contribution in [0.2, 0.25) is 0 Å². The molecule has 1 aromatic heterocycles. The normalized spacial score (nSPS) is 11.4. The highest BCUT2D eigenvalue weighted by Crippen LogP contribution is 2.33. The van der Waals surface area contributed by atoms with Crippen LogP contribution in [0.1, 0.15) is 25.0 Å². The van der Waals surface area contributed by atoms with Gasteiger partial charge in [0.05, 0.1) is 5.69 Å². The molecule has 0 atom stereocenters. The molecule has 4 aromatic rings. The van der Waals surface area contributed by atoms with Gasteiger partial charge < -0.3 is 0 Å². The van der Waals surface area contributed by atoms with E-state index in [-0.39, 0.29) is 11.2 Å². The topological polar surface area (TPSA) is 12.9 Å². The fraction of sp³-hybridized carbons (Fsp3) is 0.115. The lowest BCUT2D eigenvalue weighted by atomic mass is 9.78. The monoisotopic (exact) mass is 367 g/mol. The SMILES string of the molecule is CC(C)(c1ccccc1)c1ccnc(-c2cccc(-c3ccc(F)cc3)c2)c1. The van der Waals surface area contributed by atoms with Crippen LogP contribution in [0.4, 0.5) is 4.39 Å². The molecule has 0 saturated carbocycles. The highest BCUT2D eigenvalue weighted by atomic mass is 19.1. The van der Waals surface area contributed by atoms with Crippen LogP contribution in [0.15, 0.2) is 97.2 Å². The summed E-state index contributed by atoms with van der Waals surface area (Å²) in [6.45, 7) is 4.47. The lowest BCUT2D eigenvalue weighted by Crippen LogP contribution is -2.18. The minimum atomic E-state index is -0.225. The molecule has 0 aliphatic rings. The molecule has 3 aromatic carbocycles. The van der Waals surface area contributed by atoms with Gasteiger partial charge >= 0.3 is 0 Å². The molecule has 0 unspecified atom stereocenters. The Morgan fingerprint density at radius 3 is 2.11 bits per heavy atom. The van der Waals surface area contributed by atoms with E-state index in [0.717, 1.165) is 22.4 Å². The maximum absolute atomic E-state index is 13.2. The van der Waals surface area contributed by atoms with E-state index in [1.54, 1.807) is 12.1 Å². The summed E-state index contributed by atoms with van der Waals surface area (Å²) in [4.78, 5) is 4.61. The molecule has 0 spiro atoms. The van der Waals surface area contributed by atoms with Gasteiger partial charge in [0.1, 0.15) is 5.82 Å². The van der Waals surface area contributed by atoms with Crippen molar-refractivity contribution in [2.75, 3.05) is 0 Å². The molecule has 0 aliphatic heterocycles. The molecule has 0 amide bonds. The average molecular weight is 367 g/mol. The first-order chi connectivity index (χ1) is 13.5. The van der Waals surface area contributed by atoms with E-state index in [4.69, 9.17) is 0 Å². The van der Waals surface area contributed by atoms with Crippen LogP contribution in [-0.4, -0.2) is 4.98 Å². The summed E-state index contributed by atoms with van der Waals surface area (Å²) in [5.74, 6) is -0.225. The minimum absolute atomic E-state index is 0.118. The van der Waals surface area contributed by atoms with Gasteiger partial charge in [0.2, 0.25) is 0 Å². The van der Waals surface area contributed by atoms with Crippen LogP contribution in [0, 0.1) is 5.82 Å². The molecule has 0 N–H and O–H groups in total. The Morgan fingerprint density at radius 1 is 0.643 bits per heavy atom. The Balaban J connectivity index is 1.72. The van der Waals surface area contributed by atoms with Gasteiger partial charge in [-0.15, -0.1) is 0 Å². The van der Waals surface area contributed by atoms with Crippen LogP contribution >= 0.6 is 0 Å². The Morgan fingerprint density at radius 2 is 1.36 bits per heavy atom. The van der Waals surface area contributed by atoms with Crippen molar-refractivity contribution in [3.63, 3.8) is 0 Å². The third-order valence-corrected chi connectivity index (χ3v) is 5.31. The van der Waals surface area contributed by atoms with Gasteiger partial charge in [0.25, 0.3) is 0 Å². The van der Waals surface area contributed by atoms with Gasteiger partial charge in [-0.25, -0.2) is 4.39 Å². The van der Waals surface area contributed by atoms with Crippen LogP contribution in [0.25, 0.3) is 22.4 Å². The minimum Gasteiger partial charge on any atom is -0.256 e. The number of hydrogen-bond acceptors (Lipinski definition) is 1. The second-order valence-corrected chi connectivity index (χ2v) is 7.51. The Hall–Kier alpha value is -3.26. The zero-order valence-corrected chi connectivity index (χ0v) is 16.1. The molecule has 28 heavy (non-hydrogen) atoms. The first-order valence-electron chi connectivity index (χ1n) is 9.42. The van der Waals surface area contributed by atoms with Gasteiger partial charge in [0.15, 0.2) is 0 Å². The number of pyridine rings is 1. The van der Waals surface area contributed by atoms with Crippen molar-refractivity contribution < 1.29 is 4.39 Å². The summed E-state index contributed by atoms with van der Waals surface area (Å²) in [6.07, 6.45) is 1.87. The first kappa shape index (κ1) is 18.1. The van der Waals surface area contributed by atoms with Crippen LogP contribution in [-0.2, 0) is 5.41 Å². The van der Waals surface area contributed by atoms with E-state index in [1.165, 1.54) is 23.3 Å². The van der Waals surface area contributed by atoms with Gasteiger partial charge in [-0.1, -0.05) is 74.5 Å². The Bertz CT molecular complexity index is 1080. The summed E-state index contributed by atoms with van der Waals surface area (Å²) < 4.78 is 13.2. The van der Waals surface area contributed by atoms with Crippen molar-refractivity contribution in [1.82, 2.24) is 4.98 Å². The van der Waals surface area contributed by atoms with Crippen LogP contribution < -0.4 is 0 Å². The van der Waals surface area contributed by atoms with Gasteiger partial charge in [0, 0.05) is 17.2 Å². The van der Waals surface area contributed by atoms with Crippen molar-refractivity contribution in [2.45, 2.75) is 19.3 Å². The maximum Gasteiger partial charge on any atom is 0.123 e. The van der Waals surface area contributed by atoms with Crippen molar-refractivity contribution in [3.05, 3.63) is 114 Å². The number of hydrogen-bond donors (Lipinski definition) is 0. The van der Waals surface area contributed by atoms with Crippen molar-refractivity contribution in [2.24, 2.45) is 0 Å². The molecular formula is C26H22FN. The van der Waals surface area contributed by atoms with E-state index < -0.39 is 0 Å². The van der Waals surface area contributed by atoms with Crippen LogP contribution in [0.3, 0.4) is 0 Å². The highest BCUT2D eigenvalue weighted by molar-refractivity contribution is 5.71. The molecule has 138 valence electrons. The van der Waals surface area contributed by atoms with E-state index in [9.17, 15) is 4.39 Å². The zero-order valence-electron chi connectivity index (χ0n) is 16.1. The second kappa shape index (κ2) is 7.40. The molecule has 4 rings (SSSR count). The maximum atomic E-state index is 13.2. The van der Waals surface area contributed by atoms with E-state index in [2.05, 4.69) is 67.4 Å². The second-order valence-electron chi connectivity index (χ2n) is 7.51. The lowest BCUT2D eigenvalue weighted by molar-refractivity contribution is 0.628. The van der Waals surface area contributed by atoms with Crippen molar-refractivity contribution in [1.29, 1.82) is 0 Å². The zero-order chi connectivity index (χ0) is 19.6. The van der Waals surface area contributed by atoms with Crippen molar-refractivity contribution in [3.8, 4) is 22.4 Å². The summed E-state index contributed by atoms with van der Waals surface area (Å²) in [5, 5.41) is 0. The van der Waals surface area contributed by atoms with E-state index in [0.29, 0.717) is 0 Å². The predicted molar refractivity (Wildman–Crippen MR) is 114 cm³/mol. The van der Waals surface area contributed by atoms with E-state index in [1.807, 2.05) is 24.4 Å². The molecule has 1 nitrogen and oxygen atoms in total. The molecule has 0 aliphatic carbocycles.